The van der Waals surface area contributed by atoms with E-state index in [0.717, 1.165) is 24.0 Å². The zero-order chi connectivity index (χ0) is 12.5. The van der Waals surface area contributed by atoms with Gasteiger partial charge in [-0.05, 0) is 37.9 Å². The van der Waals surface area contributed by atoms with Crippen molar-refractivity contribution in [2.75, 3.05) is 6.54 Å². The Kier molecular flexibility index (Phi) is 3.10. The zero-order valence-corrected chi connectivity index (χ0v) is 10.7. The number of aliphatic hydroxyl groups is 1. The van der Waals surface area contributed by atoms with Crippen LogP contribution in [0.25, 0.3) is 10.9 Å². The lowest BCUT2D eigenvalue weighted by Gasteiger charge is -2.28. The Labute approximate surface area is 107 Å². The first-order chi connectivity index (χ1) is 8.77. The number of rotatable bonds is 2. The van der Waals surface area contributed by atoms with Crippen LogP contribution in [0.15, 0.2) is 24.4 Å². The predicted octanol–water partition coefficient (Wildman–Crippen LogP) is 2.65. The number of nitrogens with one attached hydrogen (secondary N) is 2. The number of hydrogen-bond acceptors (Lipinski definition) is 2. The Morgan fingerprint density at radius 1 is 1.33 bits per heavy atom. The lowest BCUT2D eigenvalue weighted by molar-refractivity contribution is 0.115. The average Bonchev–Trinajstić information content (AvgIpc) is 2.84. The van der Waals surface area contributed by atoms with Gasteiger partial charge in [-0.3, -0.25) is 0 Å². The molecule has 3 nitrogen and oxygen atoms in total. The molecule has 2 unspecified atom stereocenters. The second kappa shape index (κ2) is 4.75. The van der Waals surface area contributed by atoms with Gasteiger partial charge in [-0.1, -0.05) is 18.6 Å². The summed E-state index contributed by atoms with van der Waals surface area (Å²) in [5, 5.41) is 15.2. The van der Waals surface area contributed by atoms with E-state index in [1.165, 1.54) is 23.8 Å². The molecule has 1 fully saturated rings. The van der Waals surface area contributed by atoms with E-state index >= 15 is 0 Å². The number of benzene rings is 1. The summed E-state index contributed by atoms with van der Waals surface area (Å²) in [7, 11) is 0. The maximum absolute atomic E-state index is 10.6. The van der Waals surface area contributed by atoms with Gasteiger partial charge in [-0.2, -0.15) is 0 Å². The number of H-pyrrole nitrogens is 1. The molecule has 2 heterocycles. The highest BCUT2D eigenvalue weighted by Gasteiger charge is 2.25. The lowest BCUT2D eigenvalue weighted by Crippen LogP contribution is -2.38. The number of aromatic nitrogens is 1. The zero-order valence-electron chi connectivity index (χ0n) is 10.7. The van der Waals surface area contributed by atoms with Crippen molar-refractivity contribution in [3.05, 3.63) is 35.5 Å². The van der Waals surface area contributed by atoms with Gasteiger partial charge >= 0.3 is 0 Å². The number of aryl methyl sites for hydroxylation is 1. The number of hydrogen-bond donors (Lipinski definition) is 3. The third kappa shape index (κ3) is 1.93. The van der Waals surface area contributed by atoms with Crippen LogP contribution in [0.4, 0.5) is 0 Å². The van der Waals surface area contributed by atoms with E-state index in [1.807, 2.05) is 12.3 Å². The van der Waals surface area contributed by atoms with Gasteiger partial charge < -0.3 is 15.4 Å². The molecule has 1 saturated heterocycles. The molecule has 0 bridgehead atoms. The van der Waals surface area contributed by atoms with Crippen LogP contribution in [-0.2, 0) is 0 Å². The summed E-state index contributed by atoms with van der Waals surface area (Å²) in [5.41, 5.74) is 3.36. The second-order valence-electron chi connectivity index (χ2n) is 5.24. The summed E-state index contributed by atoms with van der Waals surface area (Å²) in [4.78, 5) is 3.26. The highest BCUT2D eigenvalue weighted by atomic mass is 16.3. The molecular formula is C15H20N2O. The molecule has 3 heteroatoms. The number of piperidine rings is 1. The van der Waals surface area contributed by atoms with Crippen LogP contribution in [0.1, 0.15) is 36.5 Å². The molecule has 1 aromatic heterocycles. The van der Waals surface area contributed by atoms with Crippen molar-refractivity contribution in [2.45, 2.75) is 38.3 Å². The third-order valence-corrected chi connectivity index (χ3v) is 3.99. The molecule has 1 aliphatic heterocycles. The normalized spacial score (nSPS) is 22.2. The van der Waals surface area contributed by atoms with Gasteiger partial charge in [0, 0.05) is 28.7 Å². The van der Waals surface area contributed by atoms with E-state index in [9.17, 15) is 5.11 Å². The second-order valence-corrected chi connectivity index (χ2v) is 5.24. The molecule has 2 aromatic rings. The smallest absolute Gasteiger partial charge is 0.0963 e. The van der Waals surface area contributed by atoms with E-state index in [0.29, 0.717) is 0 Å². The van der Waals surface area contributed by atoms with Crippen LogP contribution >= 0.6 is 0 Å². The molecule has 0 aliphatic carbocycles. The minimum Gasteiger partial charge on any atom is -0.387 e. The molecule has 3 rings (SSSR count). The highest BCUT2D eigenvalue weighted by Crippen LogP contribution is 2.30. The van der Waals surface area contributed by atoms with Crippen molar-refractivity contribution in [3.8, 4) is 0 Å². The summed E-state index contributed by atoms with van der Waals surface area (Å²) >= 11 is 0. The predicted molar refractivity (Wildman–Crippen MR) is 73.6 cm³/mol. The fraction of sp³-hybridized carbons (Fsp3) is 0.467. The van der Waals surface area contributed by atoms with Gasteiger partial charge in [-0.15, -0.1) is 0 Å². The Morgan fingerprint density at radius 2 is 2.22 bits per heavy atom. The number of aliphatic hydroxyl groups excluding tert-OH is 1. The average molecular weight is 244 g/mol. The quantitative estimate of drug-likeness (QED) is 0.760. The first-order valence-electron chi connectivity index (χ1n) is 6.75. The summed E-state index contributed by atoms with van der Waals surface area (Å²) in [6, 6.07) is 6.40. The molecule has 96 valence electrons. The van der Waals surface area contributed by atoms with E-state index in [2.05, 4.69) is 29.4 Å². The summed E-state index contributed by atoms with van der Waals surface area (Å²) in [6.45, 7) is 3.11. The molecular weight excluding hydrogens is 224 g/mol. The largest absolute Gasteiger partial charge is 0.387 e. The monoisotopic (exact) mass is 244 g/mol. The van der Waals surface area contributed by atoms with Gasteiger partial charge in [0.15, 0.2) is 0 Å². The van der Waals surface area contributed by atoms with Gasteiger partial charge in [0.05, 0.1) is 6.10 Å². The molecule has 1 aromatic carbocycles. The first-order valence-corrected chi connectivity index (χ1v) is 6.75. The van der Waals surface area contributed by atoms with Crippen molar-refractivity contribution in [3.63, 3.8) is 0 Å². The van der Waals surface area contributed by atoms with Gasteiger partial charge in [-0.25, -0.2) is 0 Å². The lowest BCUT2D eigenvalue weighted by atomic mass is 9.93. The maximum atomic E-state index is 10.6. The van der Waals surface area contributed by atoms with Crippen LogP contribution < -0.4 is 5.32 Å². The maximum Gasteiger partial charge on any atom is 0.0963 e. The van der Waals surface area contributed by atoms with Gasteiger partial charge in [0.1, 0.15) is 0 Å². The number of fused-ring (bicyclic) bond motifs is 1. The Morgan fingerprint density at radius 3 is 3.00 bits per heavy atom. The van der Waals surface area contributed by atoms with Crippen molar-refractivity contribution >= 4 is 10.9 Å². The molecule has 0 saturated carbocycles. The summed E-state index contributed by atoms with van der Waals surface area (Å²) < 4.78 is 0. The Hall–Kier alpha value is -1.32. The topological polar surface area (TPSA) is 48.0 Å². The highest BCUT2D eigenvalue weighted by molar-refractivity contribution is 5.86. The minimum atomic E-state index is -0.417. The van der Waals surface area contributed by atoms with Crippen LogP contribution in [0.5, 0.6) is 0 Å². The summed E-state index contributed by atoms with van der Waals surface area (Å²) in [6.07, 6.45) is 5.02. The van der Waals surface area contributed by atoms with Gasteiger partial charge in [0.2, 0.25) is 0 Å². The van der Waals surface area contributed by atoms with Crippen LogP contribution in [0.2, 0.25) is 0 Å². The van der Waals surface area contributed by atoms with Gasteiger partial charge in [0.25, 0.3) is 0 Å². The third-order valence-electron chi connectivity index (χ3n) is 3.99. The van der Waals surface area contributed by atoms with E-state index in [-0.39, 0.29) is 6.04 Å². The Balaban J connectivity index is 1.98. The fourth-order valence-corrected chi connectivity index (χ4v) is 3.00. The van der Waals surface area contributed by atoms with Crippen LogP contribution in [-0.4, -0.2) is 22.7 Å². The van der Waals surface area contributed by atoms with Crippen molar-refractivity contribution in [1.29, 1.82) is 0 Å². The molecule has 3 N–H and O–H groups in total. The minimum absolute atomic E-state index is 0.192. The van der Waals surface area contributed by atoms with E-state index in [4.69, 9.17) is 0 Å². The van der Waals surface area contributed by atoms with Crippen molar-refractivity contribution in [2.24, 2.45) is 0 Å². The van der Waals surface area contributed by atoms with E-state index in [1.54, 1.807) is 0 Å². The van der Waals surface area contributed by atoms with Crippen molar-refractivity contribution in [1.82, 2.24) is 10.3 Å². The van der Waals surface area contributed by atoms with Crippen LogP contribution in [0, 0.1) is 6.92 Å². The molecule has 1 aliphatic rings. The van der Waals surface area contributed by atoms with E-state index < -0.39 is 6.10 Å². The van der Waals surface area contributed by atoms with Crippen molar-refractivity contribution < 1.29 is 5.11 Å². The summed E-state index contributed by atoms with van der Waals surface area (Å²) in [5.74, 6) is 0. The standard InChI is InChI=1S/C15H20N2O/c1-10-5-4-7-12-14(10)11(9-17-12)15(18)13-6-2-3-8-16-13/h4-5,7,9,13,15-18H,2-3,6,8H2,1H3. The molecule has 0 amide bonds. The Bertz CT molecular complexity index is 540. The molecule has 0 spiro atoms. The first kappa shape index (κ1) is 11.8. The van der Waals surface area contributed by atoms with Crippen LogP contribution in [0.3, 0.4) is 0 Å². The fourth-order valence-electron chi connectivity index (χ4n) is 3.00. The molecule has 2 atom stereocenters. The molecule has 0 radical (unpaired) electrons. The number of aromatic amines is 1. The molecule has 18 heavy (non-hydrogen) atoms. The SMILES string of the molecule is Cc1cccc2[nH]cc(C(O)C3CCCCN3)c12.